The Morgan fingerprint density at radius 1 is 0.950 bits per heavy atom. The highest BCUT2D eigenvalue weighted by molar-refractivity contribution is 5.57. The molecule has 2 N–H and O–H groups in total. The Morgan fingerprint density at radius 3 is 2.25 bits per heavy atom. The van der Waals surface area contributed by atoms with E-state index in [0.717, 1.165) is 37.8 Å². The third-order valence-electron chi connectivity index (χ3n) is 3.38. The molecule has 0 atom stereocenters. The SMILES string of the molecule is Nc1cc(F)cc(N2CCN(c3ncccn3)CC2)c1. The molecule has 0 radical (unpaired) electrons. The van der Waals surface area contributed by atoms with Crippen LogP contribution in [0.5, 0.6) is 0 Å². The average Bonchev–Trinajstić information content (AvgIpc) is 2.47. The molecule has 1 fully saturated rings. The minimum Gasteiger partial charge on any atom is -0.399 e. The second-order valence-corrected chi connectivity index (χ2v) is 4.77. The quantitative estimate of drug-likeness (QED) is 0.841. The molecule has 0 aliphatic carbocycles. The van der Waals surface area contributed by atoms with Crippen molar-refractivity contribution in [3.05, 3.63) is 42.5 Å². The summed E-state index contributed by atoms with van der Waals surface area (Å²) < 4.78 is 13.4. The Labute approximate surface area is 116 Å². The number of nitrogens with two attached hydrogens (primary N) is 1. The predicted octanol–water partition coefficient (Wildman–Crippen LogP) is 1.52. The summed E-state index contributed by atoms with van der Waals surface area (Å²) in [5.74, 6) is 0.444. The van der Waals surface area contributed by atoms with Gasteiger partial charge in [0, 0.05) is 49.9 Å². The fourth-order valence-corrected chi connectivity index (χ4v) is 2.40. The average molecular weight is 273 g/mol. The van der Waals surface area contributed by atoms with E-state index in [1.807, 2.05) is 0 Å². The lowest BCUT2D eigenvalue weighted by Crippen LogP contribution is -2.47. The molecular formula is C14H16FN5. The highest BCUT2D eigenvalue weighted by Crippen LogP contribution is 2.22. The van der Waals surface area contributed by atoms with Gasteiger partial charge in [-0.15, -0.1) is 0 Å². The molecule has 0 bridgehead atoms. The summed E-state index contributed by atoms with van der Waals surface area (Å²) in [5, 5.41) is 0. The van der Waals surface area contributed by atoms with Gasteiger partial charge in [-0.25, -0.2) is 14.4 Å². The van der Waals surface area contributed by atoms with Crippen LogP contribution in [0.3, 0.4) is 0 Å². The van der Waals surface area contributed by atoms with E-state index in [1.54, 1.807) is 24.5 Å². The Bertz CT molecular complexity index is 561. The molecule has 0 unspecified atom stereocenters. The van der Waals surface area contributed by atoms with Crippen molar-refractivity contribution < 1.29 is 4.39 Å². The van der Waals surface area contributed by atoms with Crippen LogP contribution in [0.15, 0.2) is 36.7 Å². The smallest absolute Gasteiger partial charge is 0.225 e. The lowest BCUT2D eigenvalue weighted by atomic mass is 10.2. The number of nitrogen functional groups attached to an aromatic ring is 1. The first kappa shape index (κ1) is 12.7. The maximum atomic E-state index is 13.4. The van der Waals surface area contributed by atoms with Crippen molar-refractivity contribution in [3.63, 3.8) is 0 Å². The number of halogens is 1. The molecule has 20 heavy (non-hydrogen) atoms. The van der Waals surface area contributed by atoms with Gasteiger partial charge in [0.1, 0.15) is 5.82 Å². The van der Waals surface area contributed by atoms with Crippen LogP contribution in [0.2, 0.25) is 0 Å². The van der Waals surface area contributed by atoms with Gasteiger partial charge < -0.3 is 15.5 Å². The van der Waals surface area contributed by atoms with Crippen LogP contribution in [-0.2, 0) is 0 Å². The normalized spacial score (nSPS) is 15.4. The zero-order valence-electron chi connectivity index (χ0n) is 11.0. The molecule has 0 saturated carbocycles. The standard InChI is InChI=1S/C14H16FN5/c15-11-8-12(16)10-13(9-11)19-4-6-20(7-5-19)14-17-2-1-3-18-14/h1-3,8-10H,4-7,16H2. The van der Waals surface area contributed by atoms with Gasteiger partial charge in [0.25, 0.3) is 0 Å². The summed E-state index contributed by atoms with van der Waals surface area (Å²) in [6.07, 6.45) is 3.48. The van der Waals surface area contributed by atoms with E-state index in [0.29, 0.717) is 5.69 Å². The van der Waals surface area contributed by atoms with E-state index in [-0.39, 0.29) is 5.82 Å². The number of piperazine rings is 1. The molecule has 6 heteroatoms. The number of hydrogen-bond donors (Lipinski definition) is 1. The van der Waals surface area contributed by atoms with Gasteiger partial charge in [0.05, 0.1) is 0 Å². The number of nitrogens with zero attached hydrogens (tertiary/aromatic N) is 4. The van der Waals surface area contributed by atoms with Crippen LogP contribution in [0.1, 0.15) is 0 Å². The minimum atomic E-state index is -0.297. The van der Waals surface area contributed by atoms with Crippen LogP contribution in [-0.4, -0.2) is 36.1 Å². The summed E-state index contributed by atoms with van der Waals surface area (Å²) in [6, 6.07) is 6.45. The van der Waals surface area contributed by atoms with Crippen molar-refractivity contribution in [2.75, 3.05) is 41.7 Å². The van der Waals surface area contributed by atoms with Crippen LogP contribution in [0, 0.1) is 5.82 Å². The monoisotopic (exact) mass is 273 g/mol. The van der Waals surface area contributed by atoms with Crippen molar-refractivity contribution in [2.24, 2.45) is 0 Å². The molecule has 1 aromatic heterocycles. The zero-order chi connectivity index (χ0) is 13.9. The predicted molar refractivity (Wildman–Crippen MR) is 77.3 cm³/mol. The van der Waals surface area contributed by atoms with E-state index >= 15 is 0 Å². The first-order valence-corrected chi connectivity index (χ1v) is 6.55. The molecule has 1 aliphatic rings. The molecule has 104 valence electrons. The van der Waals surface area contributed by atoms with Crippen LogP contribution >= 0.6 is 0 Å². The molecular weight excluding hydrogens is 257 g/mol. The lowest BCUT2D eigenvalue weighted by Gasteiger charge is -2.36. The van der Waals surface area contributed by atoms with E-state index in [2.05, 4.69) is 19.8 Å². The summed E-state index contributed by atoms with van der Waals surface area (Å²) >= 11 is 0. The largest absolute Gasteiger partial charge is 0.399 e. The number of hydrogen-bond acceptors (Lipinski definition) is 5. The lowest BCUT2D eigenvalue weighted by molar-refractivity contribution is 0.618. The molecule has 2 heterocycles. The molecule has 3 rings (SSSR count). The first-order chi connectivity index (χ1) is 9.72. The van der Waals surface area contributed by atoms with E-state index in [9.17, 15) is 4.39 Å². The molecule has 5 nitrogen and oxygen atoms in total. The summed E-state index contributed by atoms with van der Waals surface area (Å²) in [5.41, 5.74) is 6.97. The number of aromatic nitrogens is 2. The Hall–Kier alpha value is -2.37. The second kappa shape index (κ2) is 5.32. The first-order valence-electron chi connectivity index (χ1n) is 6.55. The molecule has 1 aromatic carbocycles. The number of rotatable bonds is 2. The van der Waals surface area contributed by atoms with Crippen molar-refractivity contribution >= 4 is 17.3 Å². The van der Waals surface area contributed by atoms with E-state index in [1.165, 1.54) is 12.1 Å². The molecule has 1 saturated heterocycles. The highest BCUT2D eigenvalue weighted by atomic mass is 19.1. The van der Waals surface area contributed by atoms with Gasteiger partial charge in [-0.05, 0) is 24.3 Å². The van der Waals surface area contributed by atoms with Gasteiger partial charge in [-0.3, -0.25) is 0 Å². The van der Waals surface area contributed by atoms with Crippen LogP contribution in [0.25, 0.3) is 0 Å². The Morgan fingerprint density at radius 2 is 1.60 bits per heavy atom. The number of benzene rings is 1. The molecule has 2 aromatic rings. The van der Waals surface area contributed by atoms with E-state index < -0.39 is 0 Å². The minimum absolute atomic E-state index is 0.297. The van der Waals surface area contributed by atoms with Gasteiger partial charge in [0.2, 0.25) is 5.95 Å². The van der Waals surface area contributed by atoms with Gasteiger partial charge in [-0.1, -0.05) is 0 Å². The van der Waals surface area contributed by atoms with Gasteiger partial charge in [0.15, 0.2) is 0 Å². The summed E-state index contributed by atoms with van der Waals surface area (Å²) in [6.45, 7) is 3.20. The van der Waals surface area contributed by atoms with Crippen LogP contribution < -0.4 is 15.5 Å². The Balaban J connectivity index is 1.69. The summed E-state index contributed by atoms with van der Waals surface area (Å²) in [7, 11) is 0. The number of anilines is 3. The maximum absolute atomic E-state index is 13.4. The van der Waals surface area contributed by atoms with Gasteiger partial charge in [-0.2, -0.15) is 0 Å². The maximum Gasteiger partial charge on any atom is 0.225 e. The second-order valence-electron chi connectivity index (χ2n) is 4.77. The topological polar surface area (TPSA) is 58.3 Å². The zero-order valence-corrected chi connectivity index (χ0v) is 11.0. The Kier molecular flexibility index (Phi) is 3.37. The van der Waals surface area contributed by atoms with Gasteiger partial charge >= 0.3 is 0 Å². The third kappa shape index (κ3) is 2.64. The fraction of sp³-hybridized carbons (Fsp3) is 0.286. The fourth-order valence-electron chi connectivity index (χ4n) is 2.40. The third-order valence-corrected chi connectivity index (χ3v) is 3.38. The van der Waals surface area contributed by atoms with Crippen molar-refractivity contribution in [1.82, 2.24) is 9.97 Å². The molecule has 1 aliphatic heterocycles. The van der Waals surface area contributed by atoms with Crippen molar-refractivity contribution in [2.45, 2.75) is 0 Å². The highest BCUT2D eigenvalue weighted by Gasteiger charge is 2.19. The molecule has 0 amide bonds. The van der Waals surface area contributed by atoms with Crippen molar-refractivity contribution in [1.29, 1.82) is 0 Å². The van der Waals surface area contributed by atoms with Crippen LogP contribution in [0.4, 0.5) is 21.7 Å². The van der Waals surface area contributed by atoms with Crippen molar-refractivity contribution in [3.8, 4) is 0 Å². The van der Waals surface area contributed by atoms with E-state index in [4.69, 9.17) is 5.73 Å². The molecule has 0 spiro atoms. The summed E-state index contributed by atoms with van der Waals surface area (Å²) in [4.78, 5) is 12.7.